The van der Waals surface area contributed by atoms with Crippen LogP contribution in [0.2, 0.25) is 0 Å². The lowest BCUT2D eigenvalue weighted by Crippen LogP contribution is -2.06. The number of allylic oxidation sites excluding steroid dienone is 2. The van der Waals surface area contributed by atoms with E-state index in [0.717, 1.165) is 42.2 Å². The Hall–Kier alpha value is -1.31. The van der Waals surface area contributed by atoms with Crippen molar-refractivity contribution in [3.8, 4) is 5.75 Å². The SMILES string of the molecule is Cc1c(CC/C=C/C2CCC2)ccc(OCCC2CC2)c1F. The predicted molar refractivity (Wildman–Crippen MR) is 88.8 cm³/mol. The zero-order valence-electron chi connectivity index (χ0n) is 13.6. The van der Waals surface area contributed by atoms with Gasteiger partial charge < -0.3 is 4.74 Å². The molecule has 1 nitrogen and oxygen atoms in total. The van der Waals surface area contributed by atoms with Crippen molar-refractivity contribution >= 4 is 0 Å². The fraction of sp³-hybridized carbons (Fsp3) is 0.600. The number of aryl methyl sites for hydroxylation is 1. The first kappa shape index (κ1) is 15.6. The molecule has 22 heavy (non-hydrogen) atoms. The molecule has 0 heterocycles. The molecule has 0 aromatic heterocycles. The normalized spacial score (nSPS) is 18.6. The Morgan fingerprint density at radius 1 is 1.23 bits per heavy atom. The van der Waals surface area contributed by atoms with Gasteiger partial charge in [0, 0.05) is 0 Å². The highest BCUT2D eigenvalue weighted by atomic mass is 19.1. The van der Waals surface area contributed by atoms with Crippen LogP contribution in [-0.4, -0.2) is 6.61 Å². The van der Waals surface area contributed by atoms with Crippen LogP contribution in [0, 0.1) is 24.6 Å². The number of hydrogen-bond acceptors (Lipinski definition) is 1. The third kappa shape index (κ3) is 4.12. The van der Waals surface area contributed by atoms with E-state index in [-0.39, 0.29) is 5.82 Å². The molecular formula is C20H27FO. The second kappa shape index (κ2) is 7.30. The van der Waals surface area contributed by atoms with Crippen LogP contribution in [0.5, 0.6) is 5.75 Å². The first-order valence-electron chi connectivity index (χ1n) is 8.81. The molecule has 2 aliphatic carbocycles. The molecule has 1 aromatic carbocycles. The van der Waals surface area contributed by atoms with E-state index in [1.165, 1.54) is 32.1 Å². The molecular weight excluding hydrogens is 275 g/mol. The number of rotatable bonds is 8. The summed E-state index contributed by atoms with van der Waals surface area (Å²) in [4.78, 5) is 0. The Morgan fingerprint density at radius 3 is 2.73 bits per heavy atom. The summed E-state index contributed by atoms with van der Waals surface area (Å²) in [5.74, 6) is 1.88. The van der Waals surface area contributed by atoms with Gasteiger partial charge in [0.15, 0.2) is 11.6 Å². The van der Waals surface area contributed by atoms with Crippen molar-refractivity contribution in [3.05, 3.63) is 41.2 Å². The Balaban J connectivity index is 1.50. The second-order valence-electron chi connectivity index (χ2n) is 6.90. The van der Waals surface area contributed by atoms with E-state index in [0.29, 0.717) is 12.4 Å². The average Bonchev–Trinajstić information content (AvgIpc) is 3.27. The third-order valence-corrected chi connectivity index (χ3v) is 5.08. The highest BCUT2D eigenvalue weighted by molar-refractivity contribution is 5.37. The minimum absolute atomic E-state index is 0.170. The Labute approximate surface area is 133 Å². The van der Waals surface area contributed by atoms with Gasteiger partial charge in [0.25, 0.3) is 0 Å². The number of ether oxygens (including phenoxy) is 1. The monoisotopic (exact) mass is 302 g/mol. The van der Waals surface area contributed by atoms with Crippen LogP contribution >= 0.6 is 0 Å². The molecule has 2 saturated carbocycles. The van der Waals surface area contributed by atoms with Crippen LogP contribution in [0.1, 0.15) is 56.1 Å². The standard InChI is InChI=1S/C20H27FO/c1-15-18(8-3-2-5-16-6-4-7-16)11-12-19(20(15)21)22-14-13-17-9-10-17/h2,5,11-12,16-17H,3-4,6-10,13-14H2,1H3/b5-2+. The summed E-state index contributed by atoms with van der Waals surface area (Å²) in [6.45, 7) is 2.51. The lowest BCUT2D eigenvalue weighted by molar-refractivity contribution is 0.287. The topological polar surface area (TPSA) is 9.23 Å². The van der Waals surface area contributed by atoms with Crippen LogP contribution in [0.25, 0.3) is 0 Å². The van der Waals surface area contributed by atoms with Crippen molar-refractivity contribution in [3.63, 3.8) is 0 Å². The van der Waals surface area contributed by atoms with Gasteiger partial charge in [-0.15, -0.1) is 0 Å². The lowest BCUT2D eigenvalue weighted by atomic mass is 9.85. The first-order valence-corrected chi connectivity index (χ1v) is 8.81. The van der Waals surface area contributed by atoms with Gasteiger partial charge in [-0.2, -0.15) is 0 Å². The van der Waals surface area contributed by atoms with Crippen molar-refractivity contribution in [2.24, 2.45) is 11.8 Å². The molecule has 0 N–H and O–H groups in total. The summed E-state index contributed by atoms with van der Waals surface area (Å²) in [6.07, 6.45) is 14.3. The van der Waals surface area contributed by atoms with Gasteiger partial charge in [0.05, 0.1) is 6.61 Å². The van der Waals surface area contributed by atoms with E-state index in [4.69, 9.17) is 4.74 Å². The molecule has 0 unspecified atom stereocenters. The van der Waals surface area contributed by atoms with Crippen LogP contribution in [0.15, 0.2) is 24.3 Å². The molecule has 0 atom stereocenters. The first-order chi connectivity index (χ1) is 10.7. The van der Waals surface area contributed by atoms with Gasteiger partial charge in [-0.25, -0.2) is 4.39 Å². The van der Waals surface area contributed by atoms with Crippen LogP contribution in [-0.2, 0) is 6.42 Å². The summed E-state index contributed by atoms with van der Waals surface area (Å²) < 4.78 is 20.0. The maximum Gasteiger partial charge on any atom is 0.168 e. The average molecular weight is 302 g/mol. The van der Waals surface area contributed by atoms with E-state index in [9.17, 15) is 4.39 Å². The Kier molecular flexibility index (Phi) is 5.17. The number of benzene rings is 1. The van der Waals surface area contributed by atoms with E-state index < -0.39 is 0 Å². The highest BCUT2D eigenvalue weighted by Gasteiger charge is 2.21. The summed E-state index contributed by atoms with van der Waals surface area (Å²) >= 11 is 0. The number of halogens is 1. The van der Waals surface area contributed by atoms with Crippen molar-refractivity contribution in [1.82, 2.24) is 0 Å². The zero-order valence-corrected chi connectivity index (χ0v) is 13.6. The Bertz CT molecular complexity index is 527. The van der Waals surface area contributed by atoms with E-state index in [2.05, 4.69) is 12.2 Å². The molecule has 2 fully saturated rings. The highest BCUT2D eigenvalue weighted by Crippen LogP contribution is 2.33. The van der Waals surface area contributed by atoms with Gasteiger partial charge in [0.2, 0.25) is 0 Å². The fourth-order valence-electron chi connectivity index (χ4n) is 2.98. The van der Waals surface area contributed by atoms with Crippen molar-refractivity contribution in [2.45, 2.75) is 58.3 Å². The molecule has 1 aromatic rings. The molecule has 0 bridgehead atoms. The minimum atomic E-state index is -0.170. The molecule has 0 aliphatic heterocycles. The molecule has 2 heteroatoms. The number of hydrogen-bond donors (Lipinski definition) is 0. The zero-order chi connectivity index (χ0) is 15.4. The van der Waals surface area contributed by atoms with Crippen molar-refractivity contribution in [1.29, 1.82) is 0 Å². The van der Waals surface area contributed by atoms with Gasteiger partial charge in [-0.1, -0.05) is 37.5 Å². The van der Waals surface area contributed by atoms with Gasteiger partial charge in [-0.3, -0.25) is 0 Å². The lowest BCUT2D eigenvalue weighted by Gasteiger charge is -2.21. The second-order valence-corrected chi connectivity index (χ2v) is 6.90. The predicted octanol–water partition coefficient (Wildman–Crippen LogP) is 5.60. The smallest absolute Gasteiger partial charge is 0.168 e. The molecule has 2 aliphatic rings. The molecule has 120 valence electrons. The summed E-state index contributed by atoms with van der Waals surface area (Å²) in [7, 11) is 0. The van der Waals surface area contributed by atoms with E-state index in [1.807, 2.05) is 13.0 Å². The van der Waals surface area contributed by atoms with Gasteiger partial charge >= 0.3 is 0 Å². The minimum Gasteiger partial charge on any atom is -0.490 e. The van der Waals surface area contributed by atoms with Gasteiger partial charge in [0.1, 0.15) is 0 Å². The molecule has 0 amide bonds. The quantitative estimate of drug-likeness (QED) is 0.568. The molecule has 0 radical (unpaired) electrons. The molecule has 0 saturated heterocycles. The molecule has 3 rings (SSSR count). The summed E-state index contributed by atoms with van der Waals surface area (Å²) in [6, 6.07) is 3.84. The maximum absolute atomic E-state index is 14.4. The summed E-state index contributed by atoms with van der Waals surface area (Å²) in [5.41, 5.74) is 1.85. The Morgan fingerprint density at radius 2 is 2.05 bits per heavy atom. The van der Waals surface area contributed by atoms with Crippen LogP contribution in [0.4, 0.5) is 4.39 Å². The van der Waals surface area contributed by atoms with Crippen molar-refractivity contribution < 1.29 is 9.13 Å². The third-order valence-electron chi connectivity index (χ3n) is 5.08. The van der Waals surface area contributed by atoms with E-state index >= 15 is 0 Å². The van der Waals surface area contributed by atoms with E-state index in [1.54, 1.807) is 6.07 Å². The van der Waals surface area contributed by atoms with Crippen molar-refractivity contribution in [2.75, 3.05) is 6.61 Å². The van der Waals surface area contributed by atoms with Gasteiger partial charge in [-0.05, 0) is 68.1 Å². The van der Waals surface area contributed by atoms with Crippen LogP contribution < -0.4 is 4.74 Å². The largest absolute Gasteiger partial charge is 0.490 e. The molecule has 0 spiro atoms. The summed E-state index contributed by atoms with van der Waals surface area (Å²) in [5, 5.41) is 0. The maximum atomic E-state index is 14.4. The fourth-order valence-corrected chi connectivity index (χ4v) is 2.98. The van der Waals surface area contributed by atoms with Crippen LogP contribution in [0.3, 0.4) is 0 Å².